The van der Waals surface area contributed by atoms with Gasteiger partial charge in [-0.2, -0.15) is 0 Å². The molecular formula is C13H19BrN4O2. The lowest BCUT2D eigenvalue weighted by Gasteiger charge is -2.21. The Kier molecular flexibility index (Phi) is 5.50. The first kappa shape index (κ1) is 16.4. The second kappa shape index (κ2) is 6.69. The zero-order valence-corrected chi connectivity index (χ0v) is 13.4. The molecule has 0 radical (unpaired) electrons. The van der Waals surface area contributed by atoms with Gasteiger partial charge < -0.3 is 16.4 Å². The summed E-state index contributed by atoms with van der Waals surface area (Å²) in [5, 5.41) is 5.73. The first-order chi connectivity index (χ1) is 9.27. The minimum Gasteiger partial charge on any atom is -0.370 e. The molecule has 0 aromatic carbocycles. The molecule has 110 valence electrons. The summed E-state index contributed by atoms with van der Waals surface area (Å²) in [6, 6.07) is 1.68. The van der Waals surface area contributed by atoms with Crippen molar-refractivity contribution in [1.82, 2.24) is 10.3 Å². The van der Waals surface area contributed by atoms with Gasteiger partial charge in [-0.05, 0) is 42.8 Å². The number of rotatable bonds is 6. The third-order valence-corrected chi connectivity index (χ3v) is 3.23. The average Bonchev–Trinajstić information content (AvgIpc) is 2.38. The molecule has 0 unspecified atom stereocenters. The second-order valence-electron chi connectivity index (χ2n) is 5.01. The molecule has 1 aromatic heterocycles. The highest BCUT2D eigenvalue weighted by atomic mass is 79.9. The Hall–Kier alpha value is -1.63. The topological polar surface area (TPSA) is 97.1 Å². The number of pyridine rings is 1. The molecule has 0 aliphatic heterocycles. The van der Waals surface area contributed by atoms with Crippen molar-refractivity contribution in [3.63, 3.8) is 0 Å². The summed E-state index contributed by atoms with van der Waals surface area (Å²) in [6.45, 7) is 6.10. The van der Waals surface area contributed by atoms with Crippen LogP contribution in [-0.4, -0.2) is 29.9 Å². The van der Waals surface area contributed by atoms with E-state index in [1.165, 1.54) is 0 Å². The number of nitrogens with zero attached hydrogens (tertiary/aromatic N) is 1. The van der Waals surface area contributed by atoms with Gasteiger partial charge in [-0.15, -0.1) is 0 Å². The average molecular weight is 343 g/mol. The molecule has 1 aromatic rings. The van der Waals surface area contributed by atoms with E-state index in [1.54, 1.807) is 26.1 Å². The summed E-state index contributed by atoms with van der Waals surface area (Å²) in [5.41, 5.74) is 4.89. The Morgan fingerprint density at radius 3 is 2.65 bits per heavy atom. The van der Waals surface area contributed by atoms with Crippen molar-refractivity contribution in [1.29, 1.82) is 0 Å². The molecule has 0 saturated carbocycles. The number of primary amides is 1. The van der Waals surface area contributed by atoms with Crippen LogP contribution in [0.2, 0.25) is 0 Å². The summed E-state index contributed by atoms with van der Waals surface area (Å²) < 4.78 is 0.707. The molecule has 0 spiro atoms. The summed E-state index contributed by atoms with van der Waals surface area (Å²) >= 11 is 3.29. The summed E-state index contributed by atoms with van der Waals surface area (Å²) in [7, 11) is 0. The quantitative estimate of drug-likeness (QED) is 0.729. The smallest absolute Gasteiger partial charge is 0.255 e. The van der Waals surface area contributed by atoms with Crippen LogP contribution >= 0.6 is 15.9 Å². The largest absolute Gasteiger partial charge is 0.370 e. The summed E-state index contributed by atoms with van der Waals surface area (Å²) in [6.07, 6.45) is 1.61. The molecule has 0 saturated heterocycles. The van der Waals surface area contributed by atoms with E-state index in [-0.39, 0.29) is 12.5 Å². The van der Waals surface area contributed by atoms with E-state index in [9.17, 15) is 9.59 Å². The van der Waals surface area contributed by atoms with Crippen molar-refractivity contribution >= 4 is 33.6 Å². The lowest BCUT2D eigenvalue weighted by Crippen LogP contribution is -2.42. The van der Waals surface area contributed by atoms with E-state index < -0.39 is 11.3 Å². The molecule has 1 rings (SSSR count). The van der Waals surface area contributed by atoms with Crippen LogP contribution in [0.25, 0.3) is 0 Å². The minimum atomic E-state index is -0.798. The van der Waals surface area contributed by atoms with Crippen LogP contribution in [0.15, 0.2) is 16.7 Å². The van der Waals surface area contributed by atoms with Crippen molar-refractivity contribution in [2.24, 2.45) is 11.1 Å². The highest BCUT2D eigenvalue weighted by Crippen LogP contribution is 2.19. The minimum absolute atomic E-state index is 0.166. The first-order valence-electron chi connectivity index (χ1n) is 6.25. The number of halogens is 1. The molecule has 1 heterocycles. The van der Waals surface area contributed by atoms with E-state index in [4.69, 9.17) is 5.73 Å². The summed E-state index contributed by atoms with van der Waals surface area (Å²) in [5.74, 6) is -0.258. The number of nitrogens with two attached hydrogens (primary N) is 1. The van der Waals surface area contributed by atoms with Crippen molar-refractivity contribution in [3.05, 3.63) is 22.3 Å². The third kappa shape index (κ3) is 4.19. The maximum absolute atomic E-state index is 12.2. The van der Waals surface area contributed by atoms with Crippen molar-refractivity contribution in [2.75, 3.05) is 18.4 Å². The fraction of sp³-hybridized carbons (Fsp3) is 0.462. The predicted octanol–water partition coefficient (Wildman–Crippen LogP) is 1.52. The fourth-order valence-corrected chi connectivity index (χ4v) is 1.74. The van der Waals surface area contributed by atoms with Gasteiger partial charge in [-0.1, -0.05) is 0 Å². The SMILES string of the molecule is CCNc1ncc(Br)cc1C(=O)NCC(C)(C)C(N)=O. The van der Waals surface area contributed by atoms with Gasteiger partial charge in [0.25, 0.3) is 5.91 Å². The number of amides is 2. The normalized spacial score (nSPS) is 11.0. The van der Waals surface area contributed by atoms with Gasteiger partial charge in [-0.25, -0.2) is 4.98 Å². The fourth-order valence-electron chi connectivity index (χ4n) is 1.40. The number of hydrogen-bond acceptors (Lipinski definition) is 4. The zero-order chi connectivity index (χ0) is 15.3. The lowest BCUT2D eigenvalue weighted by molar-refractivity contribution is -0.125. The molecule has 0 fully saturated rings. The van der Waals surface area contributed by atoms with Crippen LogP contribution in [0, 0.1) is 5.41 Å². The van der Waals surface area contributed by atoms with Crippen LogP contribution in [0.4, 0.5) is 5.82 Å². The number of aromatic nitrogens is 1. The molecule has 7 heteroatoms. The van der Waals surface area contributed by atoms with Crippen molar-refractivity contribution in [2.45, 2.75) is 20.8 Å². The van der Waals surface area contributed by atoms with Gasteiger partial charge in [0.05, 0.1) is 11.0 Å². The number of hydrogen-bond donors (Lipinski definition) is 3. The monoisotopic (exact) mass is 342 g/mol. The molecular weight excluding hydrogens is 324 g/mol. The van der Waals surface area contributed by atoms with E-state index >= 15 is 0 Å². The number of carbonyl (C=O) groups is 2. The molecule has 0 atom stereocenters. The molecule has 0 aliphatic carbocycles. The van der Waals surface area contributed by atoms with Crippen molar-refractivity contribution in [3.8, 4) is 0 Å². The third-order valence-electron chi connectivity index (χ3n) is 2.80. The second-order valence-corrected chi connectivity index (χ2v) is 5.93. The first-order valence-corrected chi connectivity index (χ1v) is 7.04. The van der Waals surface area contributed by atoms with E-state index in [1.807, 2.05) is 6.92 Å². The lowest BCUT2D eigenvalue weighted by atomic mass is 9.92. The van der Waals surface area contributed by atoms with E-state index in [0.29, 0.717) is 22.4 Å². The molecule has 2 amide bonds. The Bertz CT molecular complexity index is 517. The van der Waals surface area contributed by atoms with Crippen molar-refractivity contribution < 1.29 is 9.59 Å². The van der Waals surface area contributed by atoms with Crippen LogP contribution in [0.3, 0.4) is 0 Å². The van der Waals surface area contributed by atoms with E-state index in [2.05, 4.69) is 31.5 Å². The predicted molar refractivity (Wildman–Crippen MR) is 81.4 cm³/mol. The standard InChI is InChI=1S/C13H19BrN4O2/c1-4-16-10-9(5-8(14)6-17-10)11(19)18-7-13(2,3)12(15)20/h5-6H,4,7H2,1-3H3,(H2,15,20)(H,16,17)(H,18,19). The zero-order valence-electron chi connectivity index (χ0n) is 11.8. The van der Waals surface area contributed by atoms with Crippen LogP contribution in [0.5, 0.6) is 0 Å². The molecule has 0 bridgehead atoms. The van der Waals surface area contributed by atoms with Gasteiger partial charge >= 0.3 is 0 Å². The van der Waals surface area contributed by atoms with Crippen LogP contribution in [-0.2, 0) is 4.79 Å². The number of nitrogens with one attached hydrogen (secondary N) is 2. The summed E-state index contributed by atoms with van der Waals surface area (Å²) in [4.78, 5) is 27.6. The maximum Gasteiger partial charge on any atom is 0.255 e. The van der Waals surface area contributed by atoms with Gasteiger partial charge in [-0.3, -0.25) is 9.59 Å². The van der Waals surface area contributed by atoms with Gasteiger partial charge in [0.2, 0.25) is 5.91 Å². The van der Waals surface area contributed by atoms with Gasteiger partial charge in [0, 0.05) is 23.8 Å². The van der Waals surface area contributed by atoms with Gasteiger partial charge in [0.15, 0.2) is 0 Å². The highest BCUT2D eigenvalue weighted by Gasteiger charge is 2.26. The van der Waals surface area contributed by atoms with Crippen LogP contribution in [0.1, 0.15) is 31.1 Å². The van der Waals surface area contributed by atoms with E-state index in [0.717, 1.165) is 0 Å². The number of carbonyl (C=O) groups excluding carboxylic acids is 2. The number of anilines is 1. The highest BCUT2D eigenvalue weighted by molar-refractivity contribution is 9.10. The molecule has 0 aliphatic rings. The Morgan fingerprint density at radius 2 is 2.10 bits per heavy atom. The van der Waals surface area contributed by atoms with Crippen LogP contribution < -0.4 is 16.4 Å². The Balaban J connectivity index is 2.87. The Morgan fingerprint density at radius 1 is 1.45 bits per heavy atom. The molecule has 6 nitrogen and oxygen atoms in total. The molecule has 20 heavy (non-hydrogen) atoms. The van der Waals surface area contributed by atoms with Gasteiger partial charge in [0.1, 0.15) is 5.82 Å². The molecule has 4 N–H and O–H groups in total. The Labute approximate surface area is 126 Å². The maximum atomic E-state index is 12.2.